The lowest BCUT2D eigenvalue weighted by Gasteiger charge is -2.27. The van der Waals surface area contributed by atoms with Crippen LogP contribution in [-0.4, -0.2) is 53.4 Å². The van der Waals surface area contributed by atoms with Gasteiger partial charge < -0.3 is 19.5 Å². The van der Waals surface area contributed by atoms with E-state index in [1.165, 1.54) is 0 Å². The number of fused-ring (bicyclic) bond motifs is 1. The molecule has 1 aliphatic rings. The maximum Gasteiger partial charge on any atom is 0.392 e. The number of hydrogen-bond acceptors (Lipinski definition) is 7. The van der Waals surface area contributed by atoms with Crippen molar-refractivity contribution >= 4 is 5.91 Å². The Labute approximate surface area is 193 Å². The predicted molar refractivity (Wildman–Crippen MR) is 115 cm³/mol. The van der Waals surface area contributed by atoms with E-state index in [0.29, 0.717) is 12.3 Å². The Balaban J connectivity index is 1.40. The fourth-order valence-electron chi connectivity index (χ4n) is 3.47. The molecule has 1 aromatic carbocycles. The van der Waals surface area contributed by atoms with Crippen LogP contribution in [-0.2, 0) is 6.42 Å². The summed E-state index contributed by atoms with van der Waals surface area (Å²) < 4.78 is 52.5. The van der Waals surface area contributed by atoms with Crippen molar-refractivity contribution < 1.29 is 32.2 Å². The van der Waals surface area contributed by atoms with Gasteiger partial charge in [-0.2, -0.15) is 13.2 Å². The molecule has 1 amide bonds. The maximum absolute atomic E-state index is 12.6. The number of halogens is 3. The van der Waals surface area contributed by atoms with Crippen molar-refractivity contribution in [1.82, 2.24) is 20.3 Å². The van der Waals surface area contributed by atoms with Gasteiger partial charge in [-0.3, -0.25) is 4.79 Å². The minimum atomic E-state index is -4.32. The number of aromatic nitrogens is 3. The van der Waals surface area contributed by atoms with Crippen LogP contribution < -0.4 is 19.5 Å². The van der Waals surface area contributed by atoms with Crippen LogP contribution in [0, 0.1) is 0 Å². The Kier molecular flexibility index (Phi) is 6.80. The van der Waals surface area contributed by atoms with Gasteiger partial charge in [-0.05, 0) is 17.7 Å². The number of hydrogen-bond donors (Lipinski definition) is 1. The highest BCUT2D eigenvalue weighted by atomic mass is 19.4. The molecule has 1 aliphatic heterocycles. The highest BCUT2D eigenvalue weighted by Crippen LogP contribution is 2.34. The molecule has 3 aromatic rings. The highest BCUT2D eigenvalue weighted by Gasteiger charge is 2.27. The van der Waals surface area contributed by atoms with Crippen molar-refractivity contribution in [2.45, 2.75) is 25.1 Å². The number of amides is 1. The standard InChI is InChI=1S/C23H21F3N4O4/c1-32-20-6-5-14(10-28-20)16-3-2-4-19-17(16)9-15(13-34-19)30-22(31)18-11-29-21(12-27-18)33-8-7-23(24,25)26/h2-6,10-12,15H,7-9,13H2,1H3,(H,30,31)/t15-/m0/s1. The van der Waals surface area contributed by atoms with E-state index in [0.717, 1.165) is 34.8 Å². The molecular weight excluding hydrogens is 453 g/mol. The molecule has 0 unspecified atom stereocenters. The van der Waals surface area contributed by atoms with E-state index >= 15 is 0 Å². The number of ether oxygens (including phenoxy) is 3. The largest absolute Gasteiger partial charge is 0.491 e. The lowest BCUT2D eigenvalue weighted by molar-refractivity contribution is -0.139. The number of pyridine rings is 1. The molecule has 34 heavy (non-hydrogen) atoms. The van der Waals surface area contributed by atoms with Crippen molar-refractivity contribution in [3.8, 4) is 28.6 Å². The fourth-order valence-corrected chi connectivity index (χ4v) is 3.47. The minimum Gasteiger partial charge on any atom is -0.491 e. The van der Waals surface area contributed by atoms with E-state index in [4.69, 9.17) is 14.2 Å². The van der Waals surface area contributed by atoms with Crippen LogP contribution in [0.4, 0.5) is 13.2 Å². The number of carbonyl (C=O) groups excluding carboxylic acids is 1. The SMILES string of the molecule is COc1ccc(-c2cccc3c2C[C@H](NC(=O)c2cnc(OCCC(F)(F)F)cn2)CO3)cn1. The van der Waals surface area contributed by atoms with Crippen LogP contribution in [0.1, 0.15) is 22.5 Å². The van der Waals surface area contributed by atoms with Gasteiger partial charge in [0.1, 0.15) is 18.1 Å². The molecule has 1 atom stereocenters. The second-order valence-electron chi connectivity index (χ2n) is 7.51. The van der Waals surface area contributed by atoms with Crippen molar-refractivity contribution in [1.29, 1.82) is 0 Å². The van der Waals surface area contributed by atoms with Gasteiger partial charge in [-0.25, -0.2) is 15.0 Å². The van der Waals surface area contributed by atoms with Crippen LogP contribution in [0.5, 0.6) is 17.5 Å². The molecule has 3 heterocycles. The van der Waals surface area contributed by atoms with Crippen LogP contribution in [0.15, 0.2) is 48.9 Å². The van der Waals surface area contributed by atoms with Gasteiger partial charge >= 0.3 is 6.18 Å². The first-order valence-corrected chi connectivity index (χ1v) is 10.4. The molecular formula is C23H21F3N4O4. The van der Waals surface area contributed by atoms with E-state index in [-0.39, 0.29) is 24.2 Å². The topological polar surface area (TPSA) is 95.5 Å². The van der Waals surface area contributed by atoms with Crippen LogP contribution >= 0.6 is 0 Å². The van der Waals surface area contributed by atoms with Gasteiger partial charge in [0, 0.05) is 29.8 Å². The summed E-state index contributed by atoms with van der Waals surface area (Å²) in [5.41, 5.74) is 2.78. The van der Waals surface area contributed by atoms with Crippen LogP contribution in [0.25, 0.3) is 11.1 Å². The second kappa shape index (κ2) is 9.94. The van der Waals surface area contributed by atoms with Crippen LogP contribution in [0.3, 0.4) is 0 Å². The van der Waals surface area contributed by atoms with Crippen molar-refractivity contribution in [3.05, 3.63) is 60.2 Å². The van der Waals surface area contributed by atoms with Crippen molar-refractivity contribution in [2.24, 2.45) is 0 Å². The van der Waals surface area contributed by atoms with Gasteiger partial charge in [0.25, 0.3) is 5.91 Å². The first kappa shape index (κ1) is 23.3. The first-order chi connectivity index (χ1) is 16.3. The van der Waals surface area contributed by atoms with Crippen LogP contribution in [0.2, 0.25) is 0 Å². The minimum absolute atomic E-state index is 0.0154. The summed E-state index contributed by atoms with van der Waals surface area (Å²) in [6.45, 7) is -0.302. The normalized spacial score (nSPS) is 15.1. The third-order valence-corrected chi connectivity index (χ3v) is 5.11. The molecule has 8 nitrogen and oxygen atoms in total. The smallest absolute Gasteiger partial charge is 0.392 e. The zero-order valence-corrected chi connectivity index (χ0v) is 18.1. The van der Waals surface area contributed by atoms with E-state index in [1.54, 1.807) is 19.4 Å². The zero-order valence-electron chi connectivity index (χ0n) is 18.1. The number of alkyl halides is 3. The second-order valence-corrected chi connectivity index (χ2v) is 7.51. The Hall–Kier alpha value is -3.89. The lowest BCUT2D eigenvalue weighted by Crippen LogP contribution is -2.43. The summed E-state index contributed by atoms with van der Waals surface area (Å²) in [4.78, 5) is 24.7. The summed E-state index contributed by atoms with van der Waals surface area (Å²) in [6, 6.07) is 9.07. The van der Waals surface area contributed by atoms with Gasteiger partial charge in [0.15, 0.2) is 0 Å². The monoisotopic (exact) mass is 474 g/mol. The Morgan fingerprint density at radius 2 is 1.94 bits per heavy atom. The molecule has 1 N–H and O–H groups in total. The van der Waals surface area contributed by atoms with Crippen molar-refractivity contribution in [3.63, 3.8) is 0 Å². The molecule has 0 aliphatic carbocycles. The average Bonchev–Trinajstić information content (AvgIpc) is 2.83. The quantitative estimate of drug-likeness (QED) is 0.559. The zero-order chi connectivity index (χ0) is 24.1. The number of nitrogens with one attached hydrogen (secondary N) is 1. The van der Waals surface area contributed by atoms with Crippen molar-refractivity contribution in [2.75, 3.05) is 20.3 Å². The molecule has 4 rings (SSSR count). The molecule has 178 valence electrons. The summed E-state index contributed by atoms with van der Waals surface area (Å²) in [6.07, 6.45) is -0.913. The first-order valence-electron chi connectivity index (χ1n) is 10.4. The number of benzene rings is 1. The Morgan fingerprint density at radius 3 is 2.62 bits per heavy atom. The number of nitrogens with zero attached hydrogens (tertiary/aromatic N) is 3. The molecule has 2 aromatic heterocycles. The molecule has 0 fully saturated rings. The van der Waals surface area contributed by atoms with Gasteiger partial charge in [0.2, 0.25) is 11.8 Å². The summed E-state index contributed by atoms with van der Waals surface area (Å²) >= 11 is 0. The Morgan fingerprint density at radius 1 is 1.12 bits per heavy atom. The number of methoxy groups -OCH3 is 1. The summed E-state index contributed by atoms with van der Waals surface area (Å²) in [7, 11) is 1.55. The maximum atomic E-state index is 12.6. The van der Waals surface area contributed by atoms with Gasteiger partial charge in [0.05, 0.1) is 38.6 Å². The van der Waals surface area contributed by atoms with E-state index in [1.807, 2.05) is 24.3 Å². The van der Waals surface area contributed by atoms with Gasteiger partial charge in [-0.15, -0.1) is 0 Å². The third-order valence-electron chi connectivity index (χ3n) is 5.11. The highest BCUT2D eigenvalue weighted by molar-refractivity contribution is 5.92. The van der Waals surface area contributed by atoms with Gasteiger partial charge in [-0.1, -0.05) is 12.1 Å². The third kappa shape index (κ3) is 5.72. The summed E-state index contributed by atoms with van der Waals surface area (Å²) in [5, 5.41) is 2.86. The molecule has 0 radical (unpaired) electrons. The average molecular weight is 474 g/mol. The molecule has 0 bridgehead atoms. The predicted octanol–water partition coefficient (Wildman–Crippen LogP) is 3.61. The van der Waals surface area contributed by atoms with E-state index < -0.39 is 25.1 Å². The molecule has 0 saturated heterocycles. The summed E-state index contributed by atoms with van der Waals surface area (Å²) in [5.74, 6) is 0.676. The Bertz CT molecular complexity index is 1140. The number of carbonyl (C=O) groups is 1. The fraction of sp³-hybridized carbons (Fsp3) is 0.304. The molecule has 11 heteroatoms. The lowest BCUT2D eigenvalue weighted by atomic mass is 9.93. The molecule has 0 spiro atoms. The van der Waals surface area contributed by atoms with E-state index in [2.05, 4.69) is 20.3 Å². The van der Waals surface area contributed by atoms with E-state index in [9.17, 15) is 18.0 Å². The molecule has 0 saturated carbocycles. The number of rotatable bonds is 7.